The molecule has 1 rings (SSSR count). The average molecular weight is 270 g/mol. The van der Waals surface area contributed by atoms with Crippen LogP contribution in [-0.4, -0.2) is 8.32 Å². The molecule has 0 aliphatic heterocycles. The fraction of sp³-hybridized carbons (Fsp3) is 0.333. The molecule has 78 valence electrons. The Hall–Kier alpha value is 0.107. The zero-order valence-electron chi connectivity index (χ0n) is 8.20. The third kappa shape index (κ3) is 3.35. The van der Waals surface area contributed by atoms with E-state index >= 15 is 0 Å². The summed E-state index contributed by atoms with van der Waals surface area (Å²) in [6.45, 7) is 6.19. The van der Waals surface area contributed by atoms with Crippen LogP contribution < -0.4 is 4.43 Å². The number of rotatable bonds is 2. The molecule has 1 nitrogen and oxygen atoms in total. The van der Waals surface area contributed by atoms with E-state index in [9.17, 15) is 0 Å². The minimum atomic E-state index is -1.69. The van der Waals surface area contributed by atoms with E-state index in [0.29, 0.717) is 20.8 Å². The zero-order valence-corrected chi connectivity index (χ0v) is 11.5. The molecule has 5 heteroatoms. The lowest BCUT2D eigenvalue weighted by molar-refractivity contribution is 0.558. The van der Waals surface area contributed by atoms with Crippen LogP contribution in [0.1, 0.15) is 0 Å². The van der Waals surface area contributed by atoms with Gasteiger partial charge in [0.05, 0.1) is 10.0 Å². The Bertz CT molecular complexity index is 323. The maximum atomic E-state index is 5.97. The SMILES string of the molecule is C[Si](C)(C)Oc1c(Cl)cc(Cl)cc1Cl. The molecule has 14 heavy (non-hydrogen) atoms. The van der Waals surface area contributed by atoms with Crippen molar-refractivity contribution in [1.29, 1.82) is 0 Å². The minimum Gasteiger partial charge on any atom is -0.542 e. The Kier molecular flexibility index (Phi) is 3.75. The first kappa shape index (κ1) is 12.2. The Morgan fingerprint density at radius 2 is 1.43 bits per heavy atom. The highest BCUT2D eigenvalue weighted by atomic mass is 35.5. The van der Waals surface area contributed by atoms with Gasteiger partial charge < -0.3 is 4.43 Å². The van der Waals surface area contributed by atoms with E-state index in [1.807, 2.05) is 0 Å². The first-order chi connectivity index (χ1) is 6.29. The van der Waals surface area contributed by atoms with Crippen LogP contribution in [0.4, 0.5) is 0 Å². The van der Waals surface area contributed by atoms with E-state index in [4.69, 9.17) is 39.2 Å². The van der Waals surface area contributed by atoms with Gasteiger partial charge >= 0.3 is 0 Å². The fourth-order valence-electron chi connectivity index (χ4n) is 0.933. The van der Waals surface area contributed by atoms with Crippen LogP contribution in [0.3, 0.4) is 0 Å². The largest absolute Gasteiger partial charge is 0.542 e. The van der Waals surface area contributed by atoms with E-state index in [-0.39, 0.29) is 0 Å². The second-order valence-corrected chi connectivity index (χ2v) is 9.59. The number of halogens is 3. The summed E-state index contributed by atoms with van der Waals surface area (Å²) in [5.41, 5.74) is 0. The van der Waals surface area contributed by atoms with E-state index in [0.717, 1.165) is 0 Å². The molecule has 0 N–H and O–H groups in total. The second-order valence-electron chi connectivity index (χ2n) is 3.91. The summed E-state index contributed by atoms with van der Waals surface area (Å²) >= 11 is 17.7. The lowest BCUT2D eigenvalue weighted by Crippen LogP contribution is -2.29. The maximum absolute atomic E-state index is 5.97. The van der Waals surface area contributed by atoms with E-state index < -0.39 is 8.32 Å². The molecule has 0 radical (unpaired) electrons. The van der Waals surface area contributed by atoms with E-state index in [2.05, 4.69) is 19.6 Å². The molecule has 0 saturated carbocycles. The highest BCUT2D eigenvalue weighted by molar-refractivity contribution is 6.70. The van der Waals surface area contributed by atoms with Gasteiger partial charge in [-0.3, -0.25) is 0 Å². The molecule has 0 spiro atoms. The van der Waals surface area contributed by atoms with Gasteiger partial charge in [0.25, 0.3) is 0 Å². The molecule has 0 aromatic heterocycles. The predicted molar refractivity (Wildman–Crippen MR) is 65.4 cm³/mol. The molecule has 1 aromatic rings. The quantitative estimate of drug-likeness (QED) is 0.697. The van der Waals surface area contributed by atoms with Gasteiger partial charge in [-0.25, -0.2) is 0 Å². The summed E-state index contributed by atoms with van der Waals surface area (Å²) in [6, 6.07) is 3.26. The second kappa shape index (κ2) is 4.31. The highest BCUT2D eigenvalue weighted by Gasteiger charge is 2.20. The third-order valence-corrected chi connectivity index (χ3v) is 2.97. The summed E-state index contributed by atoms with van der Waals surface area (Å²) in [5, 5.41) is 1.44. The van der Waals surface area contributed by atoms with Crippen molar-refractivity contribution >= 4 is 43.1 Å². The van der Waals surface area contributed by atoms with E-state index in [1.165, 1.54) is 0 Å². The summed E-state index contributed by atoms with van der Waals surface area (Å²) in [7, 11) is -1.69. The summed E-state index contributed by atoms with van der Waals surface area (Å²) in [4.78, 5) is 0. The Morgan fingerprint density at radius 3 is 1.79 bits per heavy atom. The maximum Gasteiger partial charge on any atom is 0.242 e. The highest BCUT2D eigenvalue weighted by Crippen LogP contribution is 2.37. The van der Waals surface area contributed by atoms with Crippen molar-refractivity contribution in [2.24, 2.45) is 0 Å². The van der Waals surface area contributed by atoms with Gasteiger partial charge in [0, 0.05) is 5.02 Å². The summed E-state index contributed by atoms with van der Waals surface area (Å²) in [6.07, 6.45) is 0. The fourth-order valence-corrected chi connectivity index (χ4v) is 2.79. The van der Waals surface area contributed by atoms with Crippen LogP contribution in [0.15, 0.2) is 12.1 Å². The van der Waals surface area contributed by atoms with Gasteiger partial charge in [0.2, 0.25) is 8.32 Å². The Balaban J connectivity index is 3.09. The van der Waals surface area contributed by atoms with Gasteiger partial charge in [0.1, 0.15) is 5.75 Å². The first-order valence-electron chi connectivity index (χ1n) is 4.13. The van der Waals surface area contributed by atoms with Crippen molar-refractivity contribution in [1.82, 2.24) is 0 Å². The Morgan fingerprint density at radius 1 is 1.00 bits per heavy atom. The van der Waals surface area contributed by atoms with Crippen molar-refractivity contribution < 1.29 is 4.43 Å². The first-order valence-corrected chi connectivity index (χ1v) is 8.67. The van der Waals surface area contributed by atoms with Gasteiger partial charge in [-0.1, -0.05) is 34.8 Å². The minimum absolute atomic E-state index is 0.463. The van der Waals surface area contributed by atoms with Crippen LogP contribution in [0.25, 0.3) is 0 Å². The molecule has 1 aromatic carbocycles. The molecule has 0 fully saturated rings. The van der Waals surface area contributed by atoms with Gasteiger partial charge in [-0.05, 0) is 31.8 Å². The Labute approximate surface area is 100 Å². The molecule has 0 saturated heterocycles. The third-order valence-electron chi connectivity index (χ3n) is 1.37. The number of benzene rings is 1. The molecule has 0 amide bonds. The van der Waals surface area contributed by atoms with Crippen molar-refractivity contribution in [2.45, 2.75) is 19.6 Å². The van der Waals surface area contributed by atoms with Gasteiger partial charge in [0.15, 0.2) is 0 Å². The topological polar surface area (TPSA) is 9.23 Å². The molecule has 0 bridgehead atoms. The van der Waals surface area contributed by atoms with Crippen molar-refractivity contribution in [3.63, 3.8) is 0 Å². The molecular weight excluding hydrogens is 259 g/mol. The van der Waals surface area contributed by atoms with Crippen molar-refractivity contribution in [3.05, 3.63) is 27.2 Å². The van der Waals surface area contributed by atoms with Gasteiger partial charge in [-0.2, -0.15) is 0 Å². The van der Waals surface area contributed by atoms with Crippen LogP contribution in [0.2, 0.25) is 34.7 Å². The molecule has 0 atom stereocenters. The van der Waals surface area contributed by atoms with Crippen LogP contribution in [0.5, 0.6) is 5.75 Å². The number of hydrogen-bond acceptors (Lipinski definition) is 1. The molecule has 0 heterocycles. The molecule has 0 aliphatic carbocycles. The average Bonchev–Trinajstić information content (AvgIpc) is 1.95. The van der Waals surface area contributed by atoms with Crippen LogP contribution in [-0.2, 0) is 0 Å². The summed E-state index contributed by atoms with van der Waals surface area (Å²) < 4.78 is 5.73. The van der Waals surface area contributed by atoms with Gasteiger partial charge in [-0.15, -0.1) is 0 Å². The van der Waals surface area contributed by atoms with Crippen LogP contribution >= 0.6 is 34.8 Å². The normalized spacial score (nSPS) is 11.6. The lowest BCUT2D eigenvalue weighted by atomic mass is 10.3. The standard InChI is InChI=1S/C9H11Cl3OSi/c1-14(2,3)13-9-7(11)4-6(10)5-8(9)12/h4-5H,1-3H3. The smallest absolute Gasteiger partial charge is 0.242 e. The molecular formula is C9H11Cl3OSi. The van der Waals surface area contributed by atoms with E-state index in [1.54, 1.807) is 12.1 Å². The van der Waals surface area contributed by atoms with Crippen molar-refractivity contribution in [2.75, 3.05) is 0 Å². The number of hydrogen-bond donors (Lipinski definition) is 0. The molecule has 0 unspecified atom stereocenters. The monoisotopic (exact) mass is 268 g/mol. The van der Waals surface area contributed by atoms with Crippen LogP contribution in [0, 0.1) is 0 Å². The predicted octanol–water partition coefficient (Wildman–Crippen LogP) is 4.86. The summed E-state index contributed by atoms with van der Waals surface area (Å²) in [5.74, 6) is 0.539. The lowest BCUT2D eigenvalue weighted by Gasteiger charge is -2.21. The zero-order chi connectivity index (χ0) is 10.9. The van der Waals surface area contributed by atoms with Crippen molar-refractivity contribution in [3.8, 4) is 5.75 Å². The molecule has 0 aliphatic rings.